The first-order valence-electron chi connectivity index (χ1n) is 11.8. The fourth-order valence-electron chi connectivity index (χ4n) is 4.39. The van der Waals surface area contributed by atoms with E-state index in [1.165, 1.54) is 11.0 Å². The van der Waals surface area contributed by atoms with E-state index in [2.05, 4.69) is 47.9 Å². The Morgan fingerprint density at radius 1 is 0.657 bits per heavy atom. The van der Waals surface area contributed by atoms with Gasteiger partial charge in [0.1, 0.15) is 13.2 Å². The molecule has 0 atom stereocenters. The molecule has 0 fully saturated rings. The highest BCUT2D eigenvalue weighted by Gasteiger charge is 2.13. The number of aromatic nitrogens is 1. The van der Waals surface area contributed by atoms with Crippen LogP contribution < -0.4 is 0 Å². The molecule has 0 N–H and O–H groups in total. The van der Waals surface area contributed by atoms with Gasteiger partial charge in [-0.1, -0.05) is 12.1 Å². The Labute approximate surface area is 203 Å². The largest absolute Gasteiger partial charge is 0.460 e. The quantitative estimate of drug-likeness (QED) is 0.367. The molecule has 6 rings (SSSR count). The zero-order valence-corrected chi connectivity index (χ0v) is 19.6. The highest BCUT2D eigenvalue weighted by atomic mass is 16.6. The third-order valence-electron chi connectivity index (χ3n) is 6.13. The highest BCUT2D eigenvalue weighted by Crippen LogP contribution is 2.31. The second kappa shape index (κ2) is 10.3. The van der Waals surface area contributed by atoms with Crippen molar-refractivity contribution in [3.05, 3.63) is 82.9 Å². The van der Waals surface area contributed by atoms with Gasteiger partial charge >= 0.3 is 11.9 Å². The molecule has 1 aromatic heterocycles. The van der Waals surface area contributed by atoms with Crippen molar-refractivity contribution >= 4 is 33.7 Å². The Morgan fingerprint density at radius 3 is 1.54 bits per heavy atom. The number of hydrogen-bond acceptors (Lipinski definition) is 6. The molecule has 0 radical (unpaired) electrons. The molecule has 3 heterocycles. The fraction of sp³-hybridized carbons (Fsp3) is 0.286. The third kappa shape index (κ3) is 4.92. The molecule has 7 heteroatoms. The van der Waals surface area contributed by atoms with Crippen molar-refractivity contribution in [1.29, 1.82) is 0 Å². The van der Waals surface area contributed by atoms with E-state index < -0.39 is 11.9 Å². The minimum absolute atomic E-state index is 0.142. The number of carbonyl (C=O) groups is 2. The number of carbonyl (C=O) groups excluding carboxylic acids is 2. The lowest BCUT2D eigenvalue weighted by Gasteiger charge is -2.09. The molecule has 0 saturated heterocycles. The maximum atomic E-state index is 12.3. The van der Waals surface area contributed by atoms with E-state index in [1.54, 1.807) is 24.3 Å². The van der Waals surface area contributed by atoms with Crippen LogP contribution in [0, 0.1) is 0 Å². The summed E-state index contributed by atoms with van der Waals surface area (Å²) < 4.78 is 24.4. The molecule has 35 heavy (non-hydrogen) atoms. The predicted molar refractivity (Wildman–Crippen MR) is 131 cm³/mol. The first-order valence-corrected chi connectivity index (χ1v) is 11.8. The number of rotatable bonds is 1. The van der Waals surface area contributed by atoms with Gasteiger partial charge in [-0.3, -0.25) is 0 Å². The number of aryl methyl sites for hydroxylation is 1. The van der Waals surface area contributed by atoms with Gasteiger partial charge in [-0.15, -0.1) is 0 Å². The van der Waals surface area contributed by atoms with Crippen LogP contribution in [0.1, 0.15) is 38.8 Å². The van der Waals surface area contributed by atoms with E-state index in [4.69, 9.17) is 18.9 Å². The number of esters is 2. The Balaban J connectivity index is 1.41. The molecule has 0 amide bonds. The van der Waals surface area contributed by atoms with Gasteiger partial charge in [0.15, 0.2) is 0 Å². The second-order valence-electron chi connectivity index (χ2n) is 8.40. The molecule has 0 aliphatic carbocycles. The van der Waals surface area contributed by atoms with Gasteiger partial charge in [0, 0.05) is 28.4 Å². The van der Waals surface area contributed by atoms with Crippen LogP contribution in [0.25, 0.3) is 21.8 Å². The summed E-state index contributed by atoms with van der Waals surface area (Å²) in [7, 11) is 0. The summed E-state index contributed by atoms with van der Waals surface area (Å²) in [6, 6.07) is 18.9. The van der Waals surface area contributed by atoms with Crippen molar-refractivity contribution < 1.29 is 28.5 Å². The number of benzene rings is 3. The predicted octanol–water partition coefficient (Wildman–Crippen LogP) is 4.88. The summed E-state index contributed by atoms with van der Waals surface area (Å²) in [6.45, 7) is 4.70. The van der Waals surface area contributed by atoms with Crippen LogP contribution in [-0.4, -0.2) is 42.9 Å². The average molecular weight is 474 g/mol. The van der Waals surface area contributed by atoms with Crippen LogP contribution in [0.5, 0.6) is 0 Å². The van der Waals surface area contributed by atoms with E-state index in [9.17, 15) is 9.59 Å². The Hall–Kier alpha value is -3.68. The minimum Gasteiger partial charge on any atom is -0.460 e. The van der Waals surface area contributed by atoms with Gasteiger partial charge in [-0.05, 0) is 66.6 Å². The van der Waals surface area contributed by atoms with E-state index in [0.29, 0.717) is 24.3 Å². The molecular formula is C28H27NO6. The summed E-state index contributed by atoms with van der Waals surface area (Å²) in [6.07, 6.45) is 0. The standard InChI is InChI=1S/C28H27NO6/c1-2-29-25-9-3-19-15-23(25)24-16-20(4-10-26(24)29)18-33-12-14-35-28(31)22-7-5-21(6-8-22)27(30)34-13-11-32-17-19/h3-10,15-16H,2,11-14,17-18H2,1H3. The van der Waals surface area contributed by atoms with Crippen molar-refractivity contribution in [2.75, 3.05) is 26.4 Å². The number of ether oxygens (including phenoxy) is 4. The lowest BCUT2D eigenvalue weighted by atomic mass is 10.1. The van der Waals surface area contributed by atoms with Gasteiger partial charge < -0.3 is 23.5 Å². The molecule has 2 aliphatic heterocycles. The Morgan fingerprint density at radius 2 is 1.11 bits per heavy atom. The normalized spacial score (nSPS) is 15.9. The topological polar surface area (TPSA) is 76.0 Å². The molecule has 0 unspecified atom stereocenters. The second-order valence-corrected chi connectivity index (χ2v) is 8.40. The van der Waals surface area contributed by atoms with Gasteiger partial charge in [0.05, 0.1) is 37.6 Å². The third-order valence-corrected chi connectivity index (χ3v) is 6.13. The van der Waals surface area contributed by atoms with Crippen LogP contribution in [-0.2, 0) is 38.7 Å². The summed E-state index contributed by atoms with van der Waals surface area (Å²) in [5.74, 6) is -0.928. The van der Waals surface area contributed by atoms with Crippen molar-refractivity contribution in [3.8, 4) is 0 Å². The van der Waals surface area contributed by atoms with Crippen LogP contribution >= 0.6 is 0 Å². The fourth-order valence-corrected chi connectivity index (χ4v) is 4.39. The van der Waals surface area contributed by atoms with Crippen LogP contribution in [0.15, 0.2) is 60.7 Å². The van der Waals surface area contributed by atoms with E-state index in [0.717, 1.165) is 28.4 Å². The van der Waals surface area contributed by atoms with Gasteiger partial charge in [-0.2, -0.15) is 0 Å². The monoisotopic (exact) mass is 473 g/mol. The Bertz CT molecular complexity index is 1270. The molecule has 180 valence electrons. The molecule has 6 bridgehead atoms. The van der Waals surface area contributed by atoms with Gasteiger partial charge in [0.2, 0.25) is 0 Å². The van der Waals surface area contributed by atoms with Crippen molar-refractivity contribution in [2.24, 2.45) is 0 Å². The number of hydrogen-bond donors (Lipinski definition) is 0. The van der Waals surface area contributed by atoms with E-state index in [1.807, 2.05) is 0 Å². The summed E-state index contributed by atoms with van der Waals surface area (Å²) in [5, 5.41) is 2.32. The van der Waals surface area contributed by atoms with Crippen LogP contribution in [0.4, 0.5) is 0 Å². The van der Waals surface area contributed by atoms with Gasteiger partial charge in [0.25, 0.3) is 0 Å². The highest BCUT2D eigenvalue weighted by molar-refractivity contribution is 6.08. The molecule has 3 aromatic carbocycles. The van der Waals surface area contributed by atoms with Crippen molar-refractivity contribution in [1.82, 2.24) is 4.57 Å². The van der Waals surface area contributed by atoms with Gasteiger partial charge in [-0.25, -0.2) is 9.59 Å². The summed E-state index contributed by atoms with van der Waals surface area (Å²) in [4.78, 5) is 24.5. The first-order chi connectivity index (χ1) is 17.1. The van der Waals surface area contributed by atoms with Crippen LogP contribution in [0.3, 0.4) is 0 Å². The number of nitrogens with zero attached hydrogens (tertiary/aromatic N) is 1. The molecule has 0 saturated carbocycles. The SMILES string of the molecule is CCn1c2ccc3cc2c2cc(ccc21)COCCOC(=O)c1ccc(cc1)C(=O)OCCOC3. The lowest BCUT2D eigenvalue weighted by molar-refractivity contribution is 0.0279. The van der Waals surface area contributed by atoms with Crippen LogP contribution in [0.2, 0.25) is 0 Å². The summed E-state index contributed by atoms with van der Waals surface area (Å²) in [5.41, 5.74) is 5.18. The van der Waals surface area contributed by atoms with Crippen molar-refractivity contribution in [3.63, 3.8) is 0 Å². The molecule has 2 aliphatic rings. The zero-order chi connectivity index (χ0) is 24.2. The zero-order valence-electron chi connectivity index (χ0n) is 19.6. The molecular weight excluding hydrogens is 446 g/mol. The van der Waals surface area contributed by atoms with E-state index >= 15 is 0 Å². The smallest absolute Gasteiger partial charge is 0.338 e. The number of fused-ring (bicyclic) bond motifs is 12. The van der Waals surface area contributed by atoms with E-state index in [-0.39, 0.29) is 26.4 Å². The summed E-state index contributed by atoms with van der Waals surface area (Å²) >= 11 is 0. The Kier molecular flexibility index (Phi) is 6.79. The lowest BCUT2D eigenvalue weighted by Crippen LogP contribution is -2.12. The average Bonchev–Trinajstić information content (AvgIpc) is 3.20. The molecule has 4 aromatic rings. The maximum absolute atomic E-state index is 12.3. The molecule has 7 nitrogen and oxygen atoms in total. The first kappa shape index (κ1) is 23.1. The van der Waals surface area contributed by atoms with Crippen molar-refractivity contribution in [2.45, 2.75) is 26.7 Å². The maximum Gasteiger partial charge on any atom is 0.338 e. The minimum atomic E-state index is -0.464. The molecule has 0 spiro atoms.